The monoisotopic (exact) mass is 483 g/mol. The average Bonchev–Trinajstić information content (AvgIpc) is 3.21. The van der Waals surface area contributed by atoms with Crippen LogP contribution in [-0.4, -0.2) is 39.6 Å². The fraction of sp³-hybridized carbons (Fsp3) is 0.118. The summed E-state index contributed by atoms with van der Waals surface area (Å²) in [6.45, 7) is 1.27. The van der Waals surface area contributed by atoms with Crippen LogP contribution in [0.1, 0.15) is 12.5 Å². The second-order valence-electron chi connectivity index (χ2n) is 5.28. The number of rotatable bonds is 6. The zero-order valence-corrected chi connectivity index (χ0v) is 18.3. The summed E-state index contributed by atoms with van der Waals surface area (Å²) < 4.78 is 25.2. The Morgan fingerprint density at radius 3 is 2.50 bits per heavy atom. The zero-order chi connectivity index (χ0) is 20.4. The van der Waals surface area contributed by atoms with E-state index in [0.29, 0.717) is 0 Å². The second kappa shape index (κ2) is 11.2. The van der Waals surface area contributed by atoms with Crippen LogP contribution < -0.4 is 9.67 Å². The van der Waals surface area contributed by atoms with Gasteiger partial charge in [-0.05, 0) is 5.56 Å². The number of anilines is 1. The molecule has 3 N–H and O–H groups in total. The minimum absolute atomic E-state index is 0.103. The molecule has 8 nitrogen and oxygen atoms in total. The molecule has 0 saturated carbocycles. The van der Waals surface area contributed by atoms with Gasteiger partial charge in [0.05, 0.1) is 0 Å². The molecule has 0 aliphatic heterocycles. The third-order valence-electron chi connectivity index (χ3n) is 3.18. The van der Waals surface area contributed by atoms with Crippen LogP contribution in [0, 0.1) is 0 Å². The van der Waals surface area contributed by atoms with Gasteiger partial charge >= 0.3 is 88.4 Å². The van der Waals surface area contributed by atoms with E-state index in [0.717, 1.165) is 10.1 Å². The fourth-order valence-corrected chi connectivity index (χ4v) is 5.12. The van der Waals surface area contributed by atoms with Crippen LogP contribution >= 0.6 is 23.1 Å². The van der Waals surface area contributed by atoms with Crippen molar-refractivity contribution in [1.82, 2.24) is 10.2 Å². The molecular formula is C17H18AsN3O5S2. The molecular weight excluding hydrogens is 465 g/mol. The molecule has 3 rings (SSSR count). The van der Waals surface area contributed by atoms with E-state index in [1.54, 1.807) is 34.7 Å². The van der Waals surface area contributed by atoms with Gasteiger partial charge in [-0.3, -0.25) is 0 Å². The largest absolute Gasteiger partial charge is 0.174 e. The number of aromatic nitrogens is 2. The van der Waals surface area contributed by atoms with E-state index >= 15 is 0 Å². The number of hydrogen-bond acceptors (Lipinski definition) is 8. The van der Waals surface area contributed by atoms with E-state index in [1.165, 1.54) is 30.7 Å². The SMILES string of the molecule is CC(=O)Nc1ccccc1[As](=O)(O)OO.c1ccc(CSc2nncs2)cc1. The summed E-state index contributed by atoms with van der Waals surface area (Å²) in [5, 5.41) is 18.4. The van der Waals surface area contributed by atoms with E-state index in [9.17, 15) is 12.6 Å². The van der Waals surface area contributed by atoms with Crippen LogP contribution in [0.25, 0.3) is 0 Å². The number of benzene rings is 2. The van der Waals surface area contributed by atoms with Gasteiger partial charge in [0.1, 0.15) is 5.51 Å². The summed E-state index contributed by atoms with van der Waals surface area (Å²) in [5.41, 5.74) is 3.24. The van der Waals surface area contributed by atoms with Crippen molar-refractivity contribution in [2.75, 3.05) is 5.32 Å². The summed E-state index contributed by atoms with van der Waals surface area (Å²) in [6, 6.07) is 16.2. The number of hydrogen-bond donors (Lipinski definition) is 3. The van der Waals surface area contributed by atoms with E-state index in [-0.39, 0.29) is 15.9 Å². The Morgan fingerprint density at radius 1 is 1.21 bits per heavy atom. The second-order valence-corrected chi connectivity index (χ2v) is 10.9. The zero-order valence-electron chi connectivity index (χ0n) is 14.8. The third kappa shape index (κ3) is 7.23. The topological polar surface area (TPSA) is 122 Å². The maximum atomic E-state index is 11.4. The van der Waals surface area contributed by atoms with Crippen LogP contribution in [0.2, 0.25) is 0 Å². The molecule has 0 saturated heterocycles. The van der Waals surface area contributed by atoms with Gasteiger partial charge in [-0.1, -0.05) is 53.4 Å². The quantitative estimate of drug-likeness (QED) is 0.212. The fourth-order valence-electron chi connectivity index (χ4n) is 2.00. The van der Waals surface area contributed by atoms with Crippen molar-refractivity contribution < 1.29 is 21.8 Å². The minimum atomic E-state index is -4.92. The van der Waals surface area contributed by atoms with Gasteiger partial charge in [0, 0.05) is 5.75 Å². The molecule has 11 heteroatoms. The molecule has 1 heterocycles. The first kappa shape index (κ1) is 22.3. The summed E-state index contributed by atoms with van der Waals surface area (Å²) in [4.78, 5) is 10.8. The first-order valence-corrected chi connectivity index (χ1v) is 13.1. The first-order valence-electron chi connectivity index (χ1n) is 7.88. The van der Waals surface area contributed by atoms with E-state index in [4.69, 9.17) is 5.26 Å². The third-order valence-corrected chi connectivity index (χ3v) is 7.67. The maximum absolute atomic E-state index is 11.4. The van der Waals surface area contributed by atoms with Crippen molar-refractivity contribution in [2.45, 2.75) is 17.0 Å². The van der Waals surface area contributed by atoms with Gasteiger partial charge in [0.15, 0.2) is 4.34 Å². The molecule has 0 bridgehead atoms. The molecule has 1 amide bonds. The number of para-hydroxylation sites is 1. The Hall–Kier alpha value is -1.94. The van der Waals surface area contributed by atoms with Gasteiger partial charge in [-0.25, -0.2) is 0 Å². The summed E-state index contributed by atoms with van der Waals surface area (Å²) in [5.74, 6) is 0.589. The Balaban J connectivity index is 0.000000202. The van der Waals surface area contributed by atoms with Crippen molar-refractivity contribution in [3.8, 4) is 0 Å². The van der Waals surface area contributed by atoms with Gasteiger partial charge in [0.2, 0.25) is 0 Å². The molecule has 1 aromatic heterocycles. The molecule has 0 fully saturated rings. The number of carbonyl (C=O) groups excluding carboxylic acids is 1. The number of carbonyl (C=O) groups is 1. The number of amides is 1. The number of thioether (sulfide) groups is 1. The van der Waals surface area contributed by atoms with E-state index in [2.05, 4.69) is 43.7 Å². The first-order chi connectivity index (χ1) is 13.4. The molecule has 0 aliphatic rings. The molecule has 148 valence electrons. The van der Waals surface area contributed by atoms with Crippen LogP contribution in [0.5, 0.6) is 0 Å². The summed E-state index contributed by atoms with van der Waals surface area (Å²) in [7, 11) is 0. The molecule has 0 radical (unpaired) electrons. The molecule has 28 heavy (non-hydrogen) atoms. The molecule has 1 atom stereocenters. The van der Waals surface area contributed by atoms with Crippen LogP contribution in [0.15, 0.2) is 64.4 Å². The van der Waals surface area contributed by atoms with Crippen molar-refractivity contribution in [1.29, 1.82) is 0 Å². The van der Waals surface area contributed by atoms with Crippen LogP contribution in [0.4, 0.5) is 5.69 Å². The molecule has 2 aromatic carbocycles. The standard InChI is InChI=1S/C9H8N2S2.C8H10AsNO5/c1-2-4-8(5-3-1)6-12-9-11-10-7-13-9;1-6(11)10-8-5-3-2-4-7(8)9(12,13)15-14/h1-5,7H,6H2;2-5,14H,1H3,(H,10,11)(H,12,13). The molecule has 0 spiro atoms. The van der Waals surface area contributed by atoms with Gasteiger partial charge in [-0.15, -0.1) is 10.2 Å². The average molecular weight is 483 g/mol. The Labute approximate surface area is 172 Å². The number of nitrogens with zero attached hydrogens (tertiary/aromatic N) is 2. The van der Waals surface area contributed by atoms with Crippen molar-refractivity contribution in [3.05, 3.63) is 65.7 Å². The maximum Gasteiger partial charge on any atom is 0.174 e. The minimum Gasteiger partial charge on any atom is -0.146 e. The predicted molar refractivity (Wildman–Crippen MR) is 109 cm³/mol. The smallest absolute Gasteiger partial charge is 0.146 e. The molecule has 1 unspecified atom stereocenters. The Bertz CT molecular complexity index is 926. The van der Waals surface area contributed by atoms with E-state index < -0.39 is 14.2 Å². The van der Waals surface area contributed by atoms with Crippen LogP contribution in [0.3, 0.4) is 0 Å². The number of nitrogens with one attached hydrogen (secondary N) is 1. The van der Waals surface area contributed by atoms with Gasteiger partial charge in [0.25, 0.3) is 0 Å². The summed E-state index contributed by atoms with van der Waals surface area (Å²) >= 11 is -1.62. The van der Waals surface area contributed by atoms with Crippen molar-refractivity contribution >= 4 is 53.2 Å². The van der Waals surface area contributed by atoms with Crippen molar-refractivity contribution in [3.63, 3.8) is 0 Å². The summed E-state index contributed by atoms with van der Waals surface area (Å²) in [6.07, 6.45) is 0. The van der Waals surface area contributed by atoms with E-state index in [1.807, 2.05) is 6.07 Å². The normalized spacial score (nSPS) is 12.4. The predicted octanol–water partition coefficient (Wildman–Crippen LogP) is 2.53. The molecule has 3 aromatic rings. The van der Waals surface area contributed by atoms with Crippen molar-refractivity contribution in [2.24, 2.45) is 0 Å². The Kier molecular flexibility index (Phi) is 8.90. The Morgan fingerprint density at radius 2 is 1.89 bits per heavy atom. The van der Waals surface area contributed by atoms with Crippen LogP contribution in [-0.2, 0) is 18.2 Å². The van der Waals surface area contributed by atoms with Gasteiger partial charge < -0.3 is 0 Å². The van der Waals surface area contributed by atoms with Gasteiger partial charge in [-0.2, -0.15) is 0 Å². The molecule has 0 aliphatic carbocycles.